The number of aryl methyl sites for hydroxylation is 1. The Hall–Kier alpha value is -2.98. The van der Waals surface area contributed by atoms with Gasteiger partial charge < -0.3 is 19.2 Å². The molecule has 0 saturated carbocycles. The Bertz CT molecular complexity index is 1240. The van der Waals surface area contributed by atoms with E-state index in [1.54, 1.807) is 28.2 Å². The van der Waals surface area contributed by atoms with E-state index in [1.165, 1.54) is 0 Å². The van der Waals surface area contributed by atoms with Crippen molar-refractivity contribution in [2.75, 3.05) is 13.1 Å². The molecule has 0 radical (unpaired) electrons. The zero-order valence-electron chi connectivity index (χ0n) is 20.0. The Labute approximate surface area is 198 Å². The van der Waals surface area contributed by atoms with E-state index in [0.717, 1.165) is 16.4 Å². The molecule has 0 bridgehead atoms. The second-order valence-corrected chi connectivity index (χ2v) is 9.93. The topological polar surface area (TPSA) is 85.3 Å². The van der Waals surface area contributed by atoms with E-state index in [1.807, 2.05) is 45.9 Å². The fourth-order valence-corrected chi connectivity index (χ4v) is 4.49. The Balaban J connectivity index is 1.43. The molecule has 10 heteroatoms. The number of fused-ring (bicyclic) bond motifs is 1. The first-order chi connectivity index (χ1) is 16.2. The number of amides is 1. The molecule has 1 N–H and O–H groups in total. The third-order valence-electron chi connectivity index (χ3n) is 7.20. The number of halogens is 1. The molecule has 1 saturated heterocycles. The van der Waals surface area contributed by atoms with Gasteiger partial charge >= 0.3 is 7.12 Å². The van der Waals surface area contributed by atoms with Crippen molar-refractivity contribution in [3.05, 3.63) is 48.2 Å². The summed E-state index contributed by atoms with van der Waals surface area (Å²) in [7, 11) is -0.618. The highest BCUT2D eigenvalue weighted by Crippen LogP contribution is 2.38. The molecule has 0 unspecified atom stereocenters. The van der Waals surface area contributed by atoms with Crippen molar-refractivity contribution < 1.29 is 18.5 Å². The predicted molar refractivity (Wildman–Crippen MR) is 128 cm³/mol. The number of aromatic nitrogens is 4. The molecule has 1 fully saturated rings. The lowest BCUT2D eigenvalue weighted by Crippen LogP contribution is -2.41. The highest BCUT2D eigenvalue weighted by atomic mass is 19.1. The third-order valence-corrected chi connectivity index (χ3v) is 7.20. The number of hydrogen-bond acceptors (Lipinski definition) is 5. The number of nitrogens with one attached hydrogen (secondary N) is 1. The van der Waals surface area contributed by atoms with Gasteiger partial charge in [0.1, 0.15) is 0 Å². The summed E-state index contributed by atoms with van der Waals surface area (Å²) in [6, 6.07) is 3.67. The maximum Gasteiger partial charge on any atom is 0.495 e. The van der Waals surface area contributed by atoms with E-state index in [-0.39, 0.29) is 11.7 Å². The minimum atomic E-state index is -0.618. The smallest absolute Gasteiger partial charge is 0.399 e. The van der Waals surface area contributed by atoms with Crippen molar-refractivity contribution in [2.45, 2.75) is 58.3 Å². The number of nitrogens with zero attached hydrogens (tertiary/aromatic N) is 4. The number of aromatic amines is 1. The Morgan fingerprint density at radius 3 is 2.74 bits per heavy atom. The van der Waals surface area contributed by atoms with E-state index in [0.29, 0.717) is 43.6 Å². The van der Waals surface area contributed by atoms with Crippen molar-refractivity contribution in [1.29, 1.82) is 0 Å². The summed E-state index contributed by atoms with van der Waals surface area (Å²) in [4.78, 5) is 17.7. The van der Waals surface area contributed by atoms with Crippen LogP contribution in [-0.4, -0.2) is 62.2 Å². The standard InChI is InChI=1S/C24H29BFN5O3/c1-23(2)24(3,4)34-25(33-23)19-14-18(21(26)22-17(19)7-9-27-22)16-6-5-11-30(15-16)20(32)8-12-31-13-10-28-29-31/h6-7,9-10,13-14,27H,5,8,11-12,15H2,1-4H3. The Morgan fingerprint density at radius 1 is 1.26 bits per heavy atom. The van der Waals surface area contributed by atoms with Crippen LogP contribution in [0.15, 0.2) is 36.8 Å². The molecule has 2 aliphatic heterocycles. The lowest BCUT2D eigenvalue weighted by atomic mass is 9.75. The normalized spacial score (nSPS) is 19.6. The third kappa shape index (κ3) is 3.94. The molecular formula is C24H29BFN5O3. The van der Waals surface area contributed by atoms with Crippen LogP contribution in [0, 0.1) is 5.82 Å². The van der Waals surface area contributed by atoms with Crippen LogP contribution in [-0.2, 0) is 20.6 Å². The van der Waals surface area contributed by atoms with Gasteiger partial charge in [-0.25, -0.2) is 4.39 Å². The van der Waals surface area contributed by atoms with Crippen LogP contribution in [0.25, 0.3) is 16.5 Å². The first-order valence-corrected chi connectivity index (χ1v) is 11.6. The van der Waals surface area contributed by atoms with E-state index >= 15 is 4.39 Å². The molecule has 178 valence electrons. The van der Waals surface area contributed by atoms with Gasteiger partial charge in [0.15, 0.2) is 5.82 Å². The van der Waals surface area contributed by atoms with Crippen molar-refractivity contribution in [3.63, 3.8) is 0 Å². The quantitative estimate of drug-likeness (QED) is 0.586. The van der Waals surface area contributed by atoms with Gasteiger partial charge in [-0.2, -0.15) is 0 Å². The van der Waals surface area contributed by atoms with Crippen LogP contribution in [0.4, 0.5) is 4.39 Å². The number of carbonyl (C=O) groups is 1. The van der Waals surface area contributed by atoms with E-state index in [2.05, 4.69) is 15.3 Å². The summed E-state index contributed by atoms with van der Waals surface area (Å²) in [5.74, 6) is -0.322. The summed E-state index contributed by atoms with van der Waals surface area (Å²) in [6.07, 6.45) is 8.03. The lowest BCUT2D eigenvalue weighted by Gasteiger charge is -2.32. The summed E-state index contributed by atoms with van der Waals surface area (Å²) < 4.78 is 29.8. The van der Waals surface area contributed by atoms with Crippen molar-refractivity contribution in [2.24, 2.45) is 0 Å². The zero-order valence-corrected chi connectivity index (χ0v) is 20.0. The SMILES string of the molecule is CC1(C)OB(c2cc(C3=CCCN(C(=O)CCn4ccnn4)C3)c(F)c3[nH]ccc23)OC1(C)C. The number of H-pyrrole nitrogens is 1. The van der Waals surface area contributed by atoms with Crippen LogP contribution in [0.5, 0.6) is 0 Å². The summed E-state index contributed by atoms with van der Waals surface area (Å²) in [5.41, 5.74) is 1.43. The first-order valence-electron chi connectivity index (χ1n) is 11.6. The zero-order chi connectivity index (χ0) is 24.1. The van der Waals surface area contributed by atoms with Crippen molar-refractivity contribution in [1.82, 2.24) is 24.9 Å². The molecule has 1 aromatic carbocycles. The second kappa shape index (κ2) is 8.35. The van der Waals surface area contributed by atoms with Gasteiger partial charge in [0.25, 0.3) is 0 Å². The van der Waals surface area contributed by atoms with Gasteiger partial charge in [-0.15, -0.1) is 5.10 Å². The average Bonchev–Trinajstić information content (AvgIpc) is 3.53. The monoisotopic (exact) mass is 465 g/mol. The molecule has 4 heterocycles. The summed E-state index contributed by atoms with van der Waals surface area (Å²) >= 11 is 0. The number of benzene rings is 1. The van der Waals surface area contributed by atoms with Crippen LogP contribution >= 0.6 is 0 Å². The van der Waals surface area contributed by atoms with Gasteiger partial charge in [-0.05, 0) is 51.2 Å². The van der Waals surface area contributed by atoms with Gasteiger partial charge in [0.05, 0.1) is 29.5 Å². The molecular weight excluding hydrogens is 436 g/mol. The van der Waals surface area contributed by atoms with Gasteiger partial charge in [0.2, 0.25) is 5.91 Å². The molecule has 0 aliphatic carbocycles. The Morgan fingerprint density at radius 2 is 2.03 bits per heavy atom. The molecule has 3 aromatic rings. The fourth-order valence-electron chi connectivity index (χ4n) is 4.49. The van der Waals surface area contributed by atoms with Gasteiger partial charge in [0, 0.05) is 42.9 Å². The van der Waals surface area contributed by atoms with Crippen molar-refractivity contribution in [3.8, 4) is 0 Å². The highest BCUT2D eigenvalue weighted by molar-refractivity contribution is 6.65. The van der Waals surface area contributed by atoms with Crippen LogP contribution in [0.3, 0.4) is 0 Å². The molecule has 2 aromatic heterocycles. The maximum absolute atomic E-state index is 15.6. The molecule has 5 rings (SSSR count). The first kappa shape index (κ1) is 22.8. The largest absolute Gasteiger partial charge is 0.495 e. The molecule has 2 aliphatic rings. The van der Waals surface area contributed by atoms with Crippen LogP contribution in [0.2, 0.25) is 0 Å². The molecule has 8 nitrogen and oxygen atoms in total. The van der Waals surface area contributed by atoms with Gasteiger partial charge in [-0.1, -0.05) is 17.4 Å². The molecule has 0 atom stereocenters. The van der Waals surface area contributed by atoms with E-state index in [9.17, 15) is 4.79 Å². The predicted octanol–water partition coefficient (Wildman–Crippen LogP) is 2.90. The number of rotatable bonds is 5. The summed E-state index contributed by atoms with van der Waals surface area (Å²) in [5, 5.41) is 8.41. The van der Waals surface area contributed by atoms with E-state index in [4.69, 9.17) is 9.31 Å². The van der Waals surface area contributed by atoms with Crippen LogP contribution < -0.4 is 5.46 Å². The maximum atomic E-state index is 15.6. The molecule has 34 heavy (non-hydrogen) atoms. The number of carbonyl (C=O) groups excluding carboxylic acids is 1. The average molecular weight is 465 g/mol. The summed E-state index contributed by atoms with van der Waals surface area (Å²) in [6.45, 7) is 9.41. The minimum Gasteiger partial charge on any atom is -0.399 e. The number of hydrogen-bond donors (Lipinski definition) is 1. The highest BCUT2D eigenvalue weighted by Gasteiger charge is 2.52. The minimum absolute atomic E-state index is 0.00800. The van der Waals surface area contributed by atoms with E-state index < -0.39 is 18.3 Å². The van der Waals surface area contributed by atoms with Crippen LogP contribution in [0.1, 0.15) is 46.1 Å². The van der Waals surface area contributed by atoms with Gasteiger partial charge in [-0.3, -0.25) is 9.48 Å². The fraction of sp³-hybridized carbons (Fsp3) is 0.458. The lowest BCUT2D eigenvalue weighted by molar-refractivity contribution is -0.131. The second-order valence-electron chi connectivity index (χ2n) is 9.93. The van der Waals surface area contributed by atoms with Crippen molar-refractivity contribution >= 4 is 35.0 Å². The molecule has 1 amide bonds. The Kier molecular flexibility index (Phi) is 5.60. The molecule has 0 spiro atoms.